The van der Waals surface area contributed by atoms with Crippen LogP contribution >= 0.6 is 0 Å². The van der Waals surface area contributed by atoms with Gasteiger partial charge in [0.1, 0.15) is 0 Å². The lowest BCUT2D eigenvalue weighted by Crippen LogP contribution is -2.38. The minimum Gasteiger partial charge on any atom is -0.389 e. The van der Waals surface area contributed by atoms with Crippen LogP contribution in [0.5, 0.6) is 0 Å². The second-order valence-corrected chi connectivity index (χ2v) is 5.80. The van der Waals surface area contributed by atoms with Crippen molar-refractivity contribution >= 4 is 0 Å². The minimum absolute atomic E-state index is 0.591. The maximum Gasteiger partial charge on any atom is 0.0765 e. The molecule has 2 rings (SSSR count). The Hall–Kier alpha value is -0.900. The van der Waals surface area contributed by atoms with E-state index in [1.165, 1.54) is 36.0 Å². The van der Waals surface area contributed by atoms with Gasteiger partial charge in [-0.05, 0) is 42.9 Å². The maximum atomic E-state index is 10.1. The molecule has 106 valence electrons. The smallest absolute Gasteiger partial charge is 0.0765 e. The fourth-order valence-corrected chi connectivity index (χ4v) is 2.62. The summed E-state index contributed by atoms with van der Waals surface area (Å²) in [6, 6.07) is 6.75. The molecule has 0 spiro atoms. The van der Waals surface area contributed by atoms with Crippen molar-refractivity contribution in [2.24, 2.45) is 0 Å². The van der Waals surface area contributed by atoms with Crippen LogP contribution in [0.4, 0.5) is 0 Å². The highest BCUT2D eigenvalue weighted by atomic mass is 16.5. The van der Waals surface area contributed by atoms with E-state index >= 15 is 0 Å². The number of aryl methyl sites for hydroxylation is 2. The summed E-state index contributed by atoms with van der Waals surface area (Å²) in [5.41, 5.74) is 3.62. The molecule has 0 amide bonds. The Kier molecular flexibility index (Phi) is 4.97. The molecule has 1 aliphatic carbocycles. The molecule has 0 saturated carbocycles. The van der Waals surface area contributed by atoms with Crippen LogP contribution in [0.25, 0.3) is 0 Å². The van der Waals surface area contributed by atoms with Gasteiger partial charge in [0.05, 0.1) is 5.60 Å². The van der Waals surface area contributed by atoms with Gasteiger partial charge in [-0.25, -0.2) is 0 Å². The van der Waals surface area contributed by atoms with Crippen LogP contribution in [-0.2, 0) is 24.1 Å². The van der Waals surface area contributed by atoms with Gasteiger partial charge in [0.15, 0.2) is 0 Å². The SMILES string of the molecule is COCCC(C)(O)CNCc1ccc2c(c1)CCC2. The minimum atomic E-state index is -0.702. The largest absolute Gasteiger partial charge is 0.389 e. The number of nitrogens with one attached hydrogen (secondary N) is 1. The summed E-state index contributed by atoms with van der Waals surface area (Å²) in [6.45, 7) is 3.85. The van der Waals surface area contributed by atoms with Crippen LogP contribution in [0, 0.1) is 0 Å². The van der Waals surface area contributed by atoms with Crippen molar-refractivity contribution in [3.05, 3.63) is 34.9 Å². The molecule has 1 unspecified atom stereocenters. The first-order valence-corrected chi connectivity index (χ1v) is 7.13. The van der Waals surface area contributed by atoms with E-state index in [2.05, 4.69) is 23.5 Å². The van der Waals surface area contributed by atoms with Gasteiger partial charge in [-0.1, -0.05) is 18.2 Å². The van der Waals surface area contributed by atoms with Gasteiger partial charge >= 0.3 is 0 Å². The Morgan fingerprint density at radius 1 is 1.32 bits per heavy atom. The number of rotatable bonds is 7. The lowest BCUT2D eigenvalue weighted by Gasteiger charge is -2.23. The summed E-state index contributed by atoms with van der Waals surface area (Å²) in [4.78, 5) is 0. The molecular formula is C16H25NO2. The molecule has 0 saturated heterocycles. The predicted molar refractivity (Wildman–Crippen MR) is 77.3 cm³/mol. The Labute approximate surface area is 116 Å². The summed E-state index contributed by atoms with van der Waals surface area (Å²) in [6.07, 6.45) is 4.39. The van der Waals surface area contributed by atoms with Crippen LogP contribution in [0.1, 0.15) is 36.5 Å². The van der Waals surface area contributed by atoms with Gasteiger partial charge < -0.3 is 15.2 Å². The molecule has 0 aromatic heterocycles. The van der Waals surface area contributed by atoms with Gasteiger partial charge in [0, 0.05) is 33.2 Å². The molecule has 19 heavy (non-hydrogen) atoms. The Bertz CT molecular complexity index is 415. The molecular weight excluding hydrogens is 238 g/mol. The lowest BCUT2D eigenvalue weighted by atomic mass is 10.0. The Balaban J connectivity index is 1.79. The number of hydrogen-bond acceptors (Lipinski definition) is 3. The normalized spacial score (nSPS) is 17.2. The summed E-state index contributed by atoms with van der Waals surface area (Å²) in [7, 11) is 1.66. The van der Waals surface area contributed by atoms with E-state index in [0.29, 0.717) is 19.6 Å². The van der Waals surface area contributed by atoms with Crippen molar-refractivity contribution in [2.45, 2.75) is 44.8 Å². The van der Waals surface area contributed by atoms with E-state index < -0.39 is 5.60 Å². The van der Waals surface area contributed by atoms with Gasteiger partial charge in [0.2, 0.25) is 0 Å². The lowest BCUT2D eigenvalue weighted by molar-refractivity contribution is 0.0247. The van der Waals surface area contributed by atoms with E-state index in [1.807, 2.05) is 6.92 Å². The van der Waals surface area contributed by atoms with Crippen molar-refractivity contribution in [3.8, 4) is 0 Å². The molecule has 0 radical (unpaired) electrons. The summed E-state index contributed by atoms with van der Waals surface area (Å²) < 4.78 is 5.00. The van der Waals surface area contributed by atoms with Crippen LogP contribution in [0.2, 0.25) is 0 Å². The van der Waals surface area contributed by atoms with Crippen LogP contribution in [-0.4, -0.2) is 31.0 Å². The highest BCUT2D eigenvalue weighted by Crippen LogP contribution is 2.22. The molecule has 1 aliphatic rings. The average Bonchev–Trinajstić information content (AvgIpc) is 2.83. The quantitative estimate of drug-likeness (QED) is 0.791. The molecule has 3 nitrogen and oxygen atoms in total. The predicted octanol–water partition coefficient (Wildman–Crippen LogP) is 2.05. The number of benzene rings is 1. The van der Waals surface area contributed by atoms with Crippen LogP contribution < -0.4 is 5.32 Å². The number of fused-ring (bicyclic) bond motifs is 1. The first kappa shape index (κ1) is 14.5. The zero-order valence-corrected chi connectivity index (χ0v) is 12.0. The fraction of sp³-hybridized carbons (Fsp3) is 0.625. The van der Waals surface area contributed by atoms with E-state index in [0.717, 1.165) is 6.54 Å². The Morgan fingerprint density at radius 3 is 2.89 bits per heavy atom. The second kappa shape index (κ2) is 6.51. The standard InChI is InChI=1S/C16H25NO2/c1-16(18,8-9-19-2)12-17-11-13-6-7-14-4-3-5-15(14)10-13/h6-7,10,17-18H,3-5,8-9,11-12H2,1-2H3. The number of aliphatic hydroxyl groups is 1. The molecule has 1 aromatic rings. The number of ether oxygens (including phenoxy) is 1. The van der Waals surface area contributed by atoms with Gasteiger partial charge in [-0.2, -0.15) is 0 Å². The van der Waals surface area contributed by atoms with E-state index in [4.69, 9.17) is 4.74 Å². The van der Waals surface area contributed by atoms with Crippen molar-refractivity contribution in [3.63, 3.8) is 0 Å². The molecule has 0 fully saturated rings. The summed E-state index contributed by atoms with van der Waals surface area (Å²) >= 11 is 0. The topological polar surface area (TPSA) is 41.5 Å². The van der Waals surface area contributed by atoms with Crippen molar-refractivity contribution < 1.29 is 9.84 Å². The zero-order valence-electron chi connectivity index (χ0n) is 12.0. The molecule has 1 aromatic carbocycles. The molecule has 0 bridgehead atoms. The van der Waals surface area contributed by atoms with E-state index in [9.17, 15) is 5.11 Å². The van der Waals surface area contributed by atoms with Gasteiger partial charge in [-0.3, -0.25) is 0 Å². The number of methoxy groups -OCH3 is 1. The third-order valence-corrected chi connectivity index (χ3v) is 3.84. The first-order chi connectivity index (χ1) is 9.11. The van der Waals surface area contributed by atoms with E-state index in [-0.39, 0.29) is 0 Å². The highest BCUT2D eigenvalue weighted by Gasteiger charge is 2.19. The molecule has 2 N–H and O–H groups in total. The summed E-state index contributed by atoms with van der Waals surface area (Å²) in [5.74, 6) is 0. The van der Waals surface area contributed by atoms with Crippen LogP contribution in [0.3, 0.4) is 0 Å². The van der Waals surface area contributed by atoms with Gasteiger partial charge in [0.25, 0.3) is 0 Å². The third kappa shape index (κ3) is 4.30. The monoisotopic (exact) mass is 263 g/mol. The molecule has 0 heterocycles. The first-order valence-electron chi connectivity index (χ1n) is 7.13. The fourth-order valence-electron chi connectivity index (χ4n) is 2.62. The van der Waals surface area contributed by atoms with Crippen molar-refractivity contribution in [1.29, 1.82) is 0 Å². The maximum absolute atomic E-state index is 10.1. The molecule has 3 heteroatoms. The second-order valence-electron chi connectivity index (χ2n) is 5.80. The zero-order chi connectivity index (χ0) is 13.7. The van der Waals surface area contributed by atoms with Crippen molar-refractivity contribution in [1.82, 2.24) is 5.32 Å². The van der Waals surface area contributed by atoms with Crippen molar-refractivity contribution in [2.75, 3.05) is 20.3 Å². The van der Waals surface area contributed by atoms with Crippen LogP contribution in [0.15, 0.2) is 18.2 Å². The molecule has 0 aliphatic heterocycles. The average molecular weight is 263 g/mol. The van der Waals surface area contributed by atoms with E-state index in [1.54, 1.807) is 7.11 Å². The number of hydrogen-bond donors (Lipinski definition) is 2. The highest BCUT2D eigenvalue weighted by molar-refractivity contribution is 5.35. The van der Waals surface area contributed by atoms with Gasteiger partial charge in [-0.15, -0.1) is 0 Å². The molecule has 1 atom stereocenters. The Morgan fingerprint density at radius 2 is 2.11 bits per heavy atom. The summed E-state index contributed by atoms with van der Waals surface area (Å²) in [5, 5.41) is 13.5. The third-order valence-electron chi connectivity index (χ3n) is 3.84.